The lowest BCUT2D eigenvalue weighted by Gasteiger charge is -2.43. The van der Waals surface area contributed by atoms with Gasteiger partial charge in [-0.3, -0.25) is 4.79 Å². The molecule has 0 aromatic heterocycles. The van der Waals surface area contributed by atoms with Crippen molar-refractivity contribution in [1.82, 2.24) is 5.32 Å². The molecule has 0 spiro atoms. The van der Waals surface area contributed by atoms with Crippen molar-refractivity contribution < 1.29 is 14.3 Å². The van der Waals surface area contributed by atoms with Gasteiger partial charge in [0.1, 0.15) is 0 Å². The molecule has 18 heavy (non-hydrogen) atoms. The summed E-state index contributed by atoms with van der Waals surface area (Å²) in [6.45, 7) is 4.07. The molecule has 1 amide bonds. The number of carbonyl (C=O) groups is 1. The molecular weight excluding hydrogens is 232 g/mol. The largest absolute Gasteiger partial charge is 0.376 e. The zero-order valence-corrected chi connectivity index (χ0v) is 11.1. The lowest BCUT2D eigenvalue weighted by molar-refractivity contribution is -0.150. The predicted molar refractivity (Wildman–Crippen MR) is 68.1 cm³/mol. The van der Waals surface area contributed by atoms with Crippen LogP contribution < -0.4 is 11.1 Å². The number of rotatable bonds is 3. The first-order chi connectivity index (χ1) is 8.68. The molecule has 1 saturated heterocycles. The fourth-order valence-electron chi connectivity index (χ4n) is 2.92. The van der Waals surface area contributed by atoms with Crippen molar-refractivity contribution in [3.63, 3.8) is 0 Å². The Morgan fingerprint density at radius 1 is 1.44 bits per heavy atom. The summed E-state index contributed by atoms with van der Waals surface area (Å²) in [5.41, 5.74) is 5.67. The van der Waals surface area contributed by atoms with Gasteiger partial charge < -0.3 is 20.5 Å². The first kappa shape index (κ1) is 13.8. The maximum absolute atomic E-state index is 12.2. The Morgan fingerprint density at radius 2 is 2.28 bits per heavy atom. The topological polar surface area (TPSA) is 73.6 Å². The highest BCUT2D eigenvalue weighted by Gasteiger charge is 2.40. The summed E-state index contributed by atoms with van der Waals surface area (Å²) in [4.78, 5) is 12.2. The van der Waals surface area contributed by atoms with Crippen LogP contribution in [0.2, 0.25) is 0 Å². The molecule has 104 valence electrons. The zero-order chi connectivity index (χ0) is 13.0. The van der Waals surface area contributed by atoms with E-state index in [2.05, 4.69) is 12.2 Å². The van der Waals surface area contributed by atoms with Crippen LogP contribution in [0.25, 0.3) is 0 Å². The first-order valence-corrected chi connectivity index (χ1v) is 6.89. The van der Waals surface area contributed by atoms with Crippen LogP contribution in [0, 0.1) is 5.92 Å². The molecule has 1 heterocycles. The number of carbonyl (C=O) groups excluding carboxylic acids is 1. The average Bonchev–Trinajstić information content (AvgIpc) is 2.42. The third-order valence-electron chi connectivity index (χ3n) is 4.30. The maximum atomic E-state index is 12.2. The van der Waals surface area contributed by atoms with Crippen molar-refractivity contribution in [3.05, 3.63) is 0 Å². The minimum Gasteiger partial charge on any atom is -0.376 e. The van der Waals surface area contributed by atoms with Gasteiger partial charge in [-0.25, -0.2) is 0 Å². The Hall–Kier alpha value is -0.650. The maximum Gasteiger partial charge on any atom is 0.252 e. The molecule has 0 aromatic carbocycles. The highest BCUT2D eigenvalue weighted by Crippen LogP contribution is 2.33. The van der Waals surface area contributed by atoms with Crippen molar-refractivity contribution in [2.24, 2.45) is 11.7 Å². The summed E-state index contributed by atoms with van der Waals surface area (Å²) >= 11 is 0. The summed E-state index contributed by atoms with van der Waals surface area (Å²) in [5.74, 6) is 0.346. The summed E-state index contributed by atoms with van der Waals surface area (Å²) in [6.07, 6.45) is 3.96. The van der Waals surface area contributed by atoms with Crippen LogP contribution in [0.5, 0.6) is 0 Å². The molecule has 5 heteroatoms. The van der Waals surface area contributed by atoms with E-state index < -0.39 is 6.10 Å². The van der Waals surface area contributed by atoms with Crippen LogP contribution in [0.15, 0.2) is 0 Å². The van der Waals surface area contributed by atoms with Gasteiger partial charge in [0.05, 0.1) is 25.4 Å². The number of hydrogen-bond donors (Lipinski definition) is 2. The molecule has 1 saturated carbocycles. The van der Waals surface area contributed by atoms with Crippen LogP contribution in [0.4, 0.5) is 0 Å². The molecule has 3 atom stereocenters. The van der Waals surface area contributed by atoms with Crippen molar-refractivity contribution in [2.75, 3.05) is 26.4 Å². The van der Waals surface area contributed by atoms with E-state index in [0.717, 1.165) is 19.3 Å². The first-order valence-electron chi connectivity index (χ1n) is 6.89. The van der Waals surface area contributed by atoms with Gasteiger partial charge in [-0.2, -0.15) is 0 Å². The molecule has 5 nitrogen and oxygen atoms in total. The smallest absolute Gasteiger partial charge is 0.252 e. The van der Waals surface area contributed by atoms with E-state index in [-0.39, 0.29) is 11.4 Å². The van der Waals surface area contributed by atoms with Gasteiger partial charge in [0, 0.05) is 6.54 Å². The van der Waals surface area contributed by atoms with E-state index in [9.17, 15) is 4.79 Å². The molecule has 0 aromatic rings. The highest BCUT2D eigenvalue weighted by atomic mass is 16.6. The monoisotopic (exact) mass is 256 g/mol. The molecular formula is C13H24N2O3. The van der Waals surface area contributed by atoms with Gasteiger partial charge in [0.15, 0.2) is 6.10 Å². The molecule has 1 aliphatic heterocycles. The van der Waals surface area contributed by atoms with Crippen LogP contribution in [0.1, 0.15) is 32.6 Å². The standard InChI is InChI=1S/C13H24N2O3/c1-10-4-2-3-5-13(10,9-14)15-12(16)11-8-17-6-7-18-11/h10-11H,2-9,14H2,1H3,(H,15,16). The van der Waals surface area contributed by atoms with Gasteiger partial charge >= 0.3 is 0 Å². The molecule has 2 aliphatic rings. The van der Waals surface area contributed by atoms with Crippen molar-refractivity contribution in [2.45, 2.75) is 44.2 Å². The third-order valence-corrected chi connectivity index (χ3v) is 4.30. The van der Waals surface area contributed by atoms with E-state index in [1.54, 1.807) is 0 Å². The zero-order valence-electron chi connectivity index (χ0n) is 11.1. The normalized spacial score (nSPS) is 37.2. The molecule has 0 bridgehead atoms. The van der Waals surface area contributed by atoms with Gasteiger partial charge in [-0.1, -0.05) is 19.8 Å². The Morgan fingerprint density at radius 3 is 2.89 bits per heavy atom. The average molecular weight is 256 g/mol. The number of nitrogens with two attached hydrogens (primary N) is 1. The van der Waals surface area contributed by atoms with Crippen LogP contribution >= 0.6 is 0 Å². The third kappa shape index (κ3) is 2.84. The minimum atomic E-state index is -0.476. The molecule has 1 aliphatic carbocycles. The van der Waals surface area contributed by atoms with E-state index in [4.69, 9.17) is 15.2 Å². The van der Waals surface area contributed by atoms with E-state index in [0.29, 0.717) is 32.3 Å². The predicted octanol–water partition coefficient (Wildman–Crippen LogP) is 0.426. The van der Waals surface area contributed by atoms with Gasteiger partial charge in [-0.15, -0.1) is 0 Å². The van der Waals surface area contributed by atoms with Crippen LogP contribution in [-0.2, 0) is 14.3 Å². The Kier molecular flexibility index (Phi) is 4.59. The molecule has 3 unspecified atom stereocenters. The lowest BCUT2D eigenvalue weighted by atomic mass is 9.73. The second-order valence-electron chi connectivity index (χ2n) is 5.43. The highest BCUT2D eigenvalue weighted by molar-refractivity contribution is 5.81. The van der Waals surface area contributed by atoms with Crippen LogP contribution in [0.3, 0.4) is 0 Å². The van der Waals surface area contributed by atoms with Crippen molar-refractivity contribution in [1.29, 1.82) is 0 Å². The Bertz CT molecular complexity index is 292. The lowest BCUT2D eigenvalue weighted by Crippen LogP contribution is -2.61. The molecule has 0 radical (unpaired) electrons. The summed E-state index contributed by atoms with van der Waals surface area (Å²) in [7, 11) is 0. The molecule has 2 rings (SSSR count). The number of amides is 1. The Balaban J connectivity index is 1.98. The summed E-state index contributed by atoms with van der Waals surface area (Å²) < 4.78 is 10.7. The van der Waals surface area contributed by atoms with E-state index >= 15 is 0 Å². The van der Waals surface area contributed by atoms with E-state index in [1.807, 2.05) is 0 Å². The quantitative estimate of drug-likeness (QED) is 0.768. The number of nitrogens with one attached hydrogen (secondary N) is 1. The second-order valence-corrected chi connectivity index (χ2v) is 5.43. The Labute approximate surface area is 108 Å². The van der Waals surface area contributed by atoms with Crippen molar-refractivity contribution >= 4 is 5.91 Å². The summed E-state index contributed by atoms with van der Waals surface area (Å²) in [6, 6.07) is 0. The molecule has 3 N–H and O–H groups in total. The van der Waals surface area contributed by atoms with Crippen LogP contribution in [-0.4, -0.2) is 43.9 Å². The fraction of sp³-hybridized carbons (Fsp3) is 0.923. The number of ether oxygens (including phenoxy) is 2. The SMILES string of the molecule is CC1CCCCC1(CN)NC(=O)C1COCCO1. The number of hydrogen-bond acceptors (Lipinski definition) is 4. The molecule has 2 fully saturated rings. The second kappa shape index (κ2) is 5.99. The van der Waals surface area contributed by atoms with Gasteiger partial charge in [0.25, 0.3) is 5.91 Å². The van der Waals surface area contributed by atoms with Gasteiger partial charge in [-0.05, 0) is 18.8 Å². The minimum absolute atomic E-state index is 0.0751. The fourth-order valence-corrected chi connectivity index (χ4v) is 2.92. The van der Waals surface area contributed by atoms with Crippen molar-refractivity contribution in [3.8, 4) is 0 Å². The van der Waals surface area contributed by atoms with E-state index in [1.165, 1.54) is 6.42 Å². The van der Waals surface area contributed by atoms with Gasteiger partial charge in [0.2, 0.25) is 0 Å². The summed E-state index contributed by atoms with van der Waals surface area (Å²) in [5, 5.41) is 3.13.